The second-order valence-electron chi connectivity index (χ2n) is 11.5. The van der Waals surface area contributed by atoms with Crippen molar-refractivity contribution in [2.24, 2.45) is 18.4 Å². The van der Waals surface area contributed by atoms with Crippen LogP contribution in [-0.4, -0.2) is 48.4 Å². The number of thiophene rings is 1. The first-order valence-corrected chi connectivity index (χ1v) is 14.2. The number of ketones is 1. The Labute approximate surface area is 230 Å². The lowest BCUT2D eigenvalue weighted by molar-refractivity contribution is -0.141. The molecule has 0 radical (unpaired) electrons. The molecule has 9 nitrogen and oxygen atoms in total. The SMILES string of the molecule is Cn1nc(C(F)(F)F)cc1Nc1nncn1[C@H]1CCc2sc(CC(=O)[C@H]3C[C@H]3F)c(C(=O)N[C@@H]3CC34CC4)c2C1. The normalized spacial score (nSPS) is 25.9. The molecule has 0 bridgehead atoms. The van der Waals surface area contributed by atoms with E-state index in [9.17, 15) is 27.2 Å². The lowest BCUT2D eigenvalue weighted by Gasteiger charge is -2.25. The van der Waals surface area contributed by atoms with Crippen molar-refractivity contribution < 1.29 is 27.2 Å². The van der Waals surface area contributed by atoms with Gasteiger partial charge in [0.05, 0.1) is 11.5 Å². The number of hydrogen-bond acceptors (Lipinski definition) is 7. The Kier molecular flexibility index (Phi) is 5.68. The van der Waals surface area contributed by atoms with Crippen LogP contribution in [0.3, 0.4) is 0 Å². The second-order valence-corrected chi connectivity index (χ2v) is 12.7. The molecule has 0 saturated heterocycles. The van der Waals surface area contributed by atoms with Gasteiger partial charge in [0.1, 0.15) is 24.1 Å². The predicted molar refractivity (Wildman–Crippen MR) is 136 cm³/mol. The van der Waals surface area contributed by atoms with Crippen LogP contribution in [0, 0.1) is 11.3 Å². The molecule has 0 aliphatic heterocycles. The van der Waals surface area contributed by atoms with Crippen LogP contribution in [0.4, 0.5) is 29.3 Å². The summed E-state index contributed by atoms with van der Waals surface area (Å²) in [4.78, 5) is 28.0. The van der Waals surface area contributed by atoms with E-state index in [-0.39, 0.29) is 53.8 Å². The Bertz CT molecular complexity index is 1520. The van der Waals surface area contributed by atoms with Crippen molar-refractivity contribution in [1.82, 2.24) is 29.9 Å². The number of nitrogens with one attached hydrogen (secondary N) is 2. The summed E-state index contributed by atoms with van der Waals surface area (Å²) in [6.45, 7) is 0. The number of halogens is 4. The molecule has 14 heteroatoms. The highest BCUT2D eigenvalue weighted by Gasteiger charge is 2.63. The summed E-state index contributed by atoms with van der Waals surface area (Å²) in [6.07, 6.45) is 1.20. The zero-order valence-electron chi connectivity index (χ0n) is 21.6. The number of alkyl halides is 4. The van der Waals surface area contributed by atoms with E-state index in [2.05, 4.69) is 25.9 Å². The number of aryl methyl sites for hydroxylation is 2. The average molecular weight is 578 g/mol. The molecule has 4 atom stereocenters. The standard InChI is InChI=1S/C26H27F4N7O2S/c1-36-21(9-19(35-36)26(28,29)30)33-24-34-31-11-37(24)12-2-3-17-14(6-12)22(23(39)32-20-10-25(20)4-5-25)18(40-17)8-16(38)13-7-15(13)27/h9,11-13,15,20H,2-8,10H2,1H3,(H,32,39)(H,33,34)/t12-,13-,15+,20+/m0/s1. The first-order chi connectivity index (χ1) is 19.0. The summed E-state index contributed by atoms with van der Waals surface area (Å²) < 4.78 is 55.9. The molecule has 1 amide bonds. The number of hydrogen-bond donors (Lipinski definition) is 2. The summed E-state index contributed by atoms with van der Waals surface area (Å²) in [6, 6.07) is 0.903. The van der Waals surface area contributed by atoms with E-state index < -0.39 is 24.0 Å². The number of nitrogens with zero attached hydrogens (tertiary/aromatic N) is 5. The number of Topliss-reactive ketones (excluding diaryl/α,β-unsaturated/α-hetero) is 1. The molecule has 7 rings (SSSR count). The molecule has 0 aromatic carbocycles. The molecule has 4 aliphatic rings. The Morgan fingerprint density at radius 1 is 1.27 bits per heavy atom. The van der Waals surface area contributed by atoms with Crippen molar-refractivity contribution in [2.45, 2.75) is 75.8 Å². The van der Waals surface area contributed by atoms with Gasteiger partial charge in [-0.3, -0.25) is 18.8 Å². The lowest BCUT2D eigenvalue weighted by Crippen LogP contribution is -2.30. The van der Waals surface area contributed by atoms with Crippen LogP contribution >= 0.6 is 11.3 Å². The minimum Gasteiger partial charge on any atom is -0.349 e. The smallest absolute Gasteiger partial charge is 0.349 e. The number of rotatable bonds is 8. The van der Waals surface area contributed by atoms with E-state index in [1.54, 1.807) is 4.57 Å². The van der Waals surface area contributed by atoms with E-state index in [0.29, 0.717) is 29.7 Å². The Hall–Kier alpha value is -3.29. The molecule has 212 valence electrons. The number of carbonyl (C=O) groups is 2. The maximum absolute atomic E-state index is 13.6. The summed E-state index contributed by atoms with van der Waals surface area (Å²) >= 11 is 1.46. The van der Waals surface area contributed by atoms with Crippen molar-refractivity contribution in [2.75, 3.05) is 5.32 Å². The first-order valence-electron chi connectivity index (χ1n) is 13.4. The third-order valence-electron chi connectivity index (χ3n) is 8.76. The Balaban J connectivity index is 1.15. The quantitative estimate of drug-likeness (QED) is 0.387. The Morgan fingerprint density at radius 2 is 2.05 bits per heavy atom. The second kappa shape index (κ2) is 8.85. The molecule has 0 unspecified atom stereocenters. The van der Waals surface area contributed by atoms with Crippen LogP contribution in [0.1, 0.15) is 69.5 Å². The van der Waals surface area contributed by atoms with Crippen LogP contribution in [0.15, 0.2) is 12.4 Å². The fourth-order valence-corrected chi connectivity index (χ4v) is 7.32. The molecular formula is C26H27F4N7O2S. The van der Waals surface area contributed by atoms with Gasteiger partial charge in [-0.25, -0.2) is 4.39 Å². The van der Waals surface area contributed by atoms with E-state index >= 15 is 0 Å². The largest absolute Gasteiger partial charge is 0.435 e. The van der Waals surface area contributed by atoms with Crippen molar-refractivity contribution in [3.8, 4) is 0 Å². The number of aromatic nitrogens is 5. The molecule has 3 fully saturated rings. The third kappa shape index (κ3) is 4.49. The summed E-state index contributed by atoms with van der Waals surface area (Å²) in [5.41, 5.74) is 0.649. The van der Waals surface area contributed by atoms with Gasteiger partial charge in [0, 0.05) is 41.4 Å². The lowest BCUT2D eigenvalue weighted by atomic mass is 9.90. The molecule has 3 saturated carbocycles. The van der Waals surface area contributed by atoms with E-state index in [4.69, 9.17) is 0 Å². The van der Waals surface area contributed by atoms with Crippen LogP contribution in [-0.2, 0) is 37.3 Å². The summed E-state index contributed by atoms with van der Waals surface area (Å²) in [5, 5.41) is 17.7. The topological polar surface area (TPSA) is 107 Å². The maximum Gasteiger partial charge on any atom is 0.435 e. The fourth-order valence-electron chi connectivity index (χ4n) is 5.97. The van der Waals surface area contributed by atoms with E-state index in [1.165, 1.54) is 24.7 Å². The van der Waals surface area contributed by atoms with Gasteiger partial charge in [0.15, 0.2) is 5.69 Å². The summed E-state index contributed by atoms with van der Waals surface area (Å²) in [5.74, 6) is -0.547. The van der Waals surface area contributed by atoms with Crippen molar-refractivity contribution in [3.63, 3.8) is 0 Å². The monoisotopic (exact) mass is 577 g/mol. The molecular weight excluding hydrogens is 550 g/mol. The highest BCUT2D eigenvalue weighted by atomic mass is 32.1. The molecule has 4 aliphatic carbocycles. The van der Waals surface area contributed by atoms with Crippen molar-refractivity contribution in [1.29, 1.82) is 0 Å². The third-order valence-corrected chi connectivity index (χ3v) is 10.1. The van der Waals surface area contributed by atoms with Gasteiger partial charge in [-0.05, 0) is 55.9 Å². The molecule has 1 spiro atoms. The average Bonchev–Trinajstić information content (AvgIpc) is 3.82. The van der Waals surface area contributed by atoms with Crippen LogP contribution < -0.4 is 10.6 Å². The number of anilines is 2. The van der Waals surface area contributed by atoms with Crippen molar-refractivity contribution >= 4 is 34.8 Å². The minimum atomic E-state index is -4.58. The highest BCUT2D eigenvalue weighted by molar-refractivity contribution is 7.12. The fraction of sp³-hybridized carbons (Fsp3) is 0.577. The van der Waals surface area contributed by atoms with Gasteiger partial charge in [-0.2, -0.15) is 18.3 Å². The first kappa shape index (κ1) is 25.7. The van der Waals surface area contributed by atoms with Crippen molar-refractivity contribution in [3.05, 3.63) is 39.0 Å². The number of amides is 1. The van der Waals surface area contributed by atoms with Gasteiger partial charge >= 0.3 is 6.18 Å². The van der Waals surface area contributed by atoms with E-state index in [0.717, 1.165) is 40.5 Å². The highest BCUT2D eigenvalue weighted by Crippen LogP contribution is 2.66. The molecule has 3 heterocycles. The molecule has 3 aromatic rings. The van der Waals surface area contributed by atoms with Gasteiger partial charge in [0.25, 0.3) is 5.91 Å². The van der Waals surface area contributed by atoms with Gasteiger partial charge in [0.2, 0.25) is 5.95 Å². The molecule has 3 aromatic heterocycles. The zero-order chi connectivity index (χ0) is 28.0. The molecule has 2 N–H and O–H groups in total. The van der Waals surface area contributed by atoms with Gasteiger partial charge in [-0.15, -0.1) is 21.5 Å². The number of carbonyl (C=O) groups excluding carboxylic acids is 2. The Morgan fingerprint density at radius 3 is 2.70 bits per heavy atom. The summed E-state index contributed by atoms with van der Waals surface area (Å²) in [7, 11) is 1.41. The van der Waals surface area contributed by atoms with Gasteiger partial charge < -0.3 is 10.6 Å². The van der Waals surface area contributed by atoms with Gasteiger partial charge in [-0.1, -0.05) is 0 Å². The molecule has 40 heavy (non-hydrogen) atoms. The zero-order valence-corrected chi connectivity index (χ0v) is 22.4. The van der Waals surface area contributed by atoms with Crippen LogP contribution in [0.2, 0.25) is 0 Å². The predicted octanol–water partition coefficient (Wildman–Crippen LogP) is 4.32. The maximum atomic E-state index is 13.6. The van der Waals surface area contributed by atoms with Crippen LogP contribution in [0.25, 0.3) is 0 Å². The minimum absolute atomic E-state index is 0.0491. The van der Waals surface area contributed by atoms with E-state index in [1.807, 2.05) is 0 Å². The van der Waals surface area contributed by atoms with Crippen LogP contribution in [0.5, 0.6) is 0 Å². The number of fused-ring (bicyclic) bond motifs is 1.